The Morgan fingerprint density at radius 2 is 1.82 bits per heavy atom. The van der Waals surface area contributed by atoms with E-state index in [9.17, 15) is 9.59 Å². The largest absolute Gasteiger partial charge is 0.490 e. The van der Waals surface area contributed by atoms with Crippen LogP contribution in [0.4, 0.5) is 5.69 Å². The number of piperidine rings is 1. The van der Waals surface area contributed by atoms with Crippen molar-refractivity contribution in [1.82, 2.24) is 10.2 Å². The van der Waals surface area contributed by atoms with E-state index < -0.39 is 5.91 Å². The van der Waals surface area contributed by atoms with Crippen LogP contribution in [-0.4, -0.2) is 55.2 Å². The fourth-order valence-corrected chi connectivity index (χ4v) is 4.04. The summed E-state index contributed by atoms with van der Waals surface area (Å²) in [4.78, 5) is 27.4. The normalized spacial score (nSPS) is 14.0. The molecular formula is C24H28BrN3O4S. The van der Waals surface area contributed by atoms with Crippen LogP contribution in [0, 0.1) is 5.92 Å². The average Bonchev–Trinajstić information content (AvgIpc) is 2.80. The van der Waals surface area contributed by atoms with E-state index in [1.54, 1.807) is 49.6 Å². The second kappa shape index (κ2) is 12.1. The van der Waals surface area contributed by atoms with Crippen molar-refractivity contribution in [1.29, 1.82) is 0 Å². The molecule has 0 spiro atoms. The van der Waals surface area contributed by atoms with Gasteiger partial charge in [-0.2, -0.15) is 0 Å². The number of ether oxygens (including phenoxy) is 2. The molecule has 1 heterocycles. The number of methoxy groups -OCH3 is 1. The Balaban J connectivity index is 1.58. The van der Waals surface area contributed by atoms with Crippen molar-refractivity contribution in [2.75, 3.05) is 38.7 Å². The van der Waals surface area contributed by atoms with E-state index in [1.165, 1.54) is 0 Å². The molecule has 1 saturated heterocycles. The smallest absolute Gasteiger partial charge is 0.261 e. The lowest BCUT2D eigenvalue weighted by molar-refractivity contribution is 0.0697. The number of nitrogens with one attached hydrogen (secondary N) is 2. The van der Waals surface area contributed by atoms with Gasteiger partial charge in [0.15, 0.2) is 5.11 Å². The maximum Gasteiger partial charge on any atom is 0.261 e. The highest BCUT2D eigenvalue weighted by Gasteiger charge is 2.21. The molecule has 2 aromatic rings. The van der Waals surface area contributed by atoms with Crippen molar-refractivity contribution in [3.63, 3.8) is 0 Å². The highest BCUT2D eigenvalue weighted by atomic mass is 79.9. The zero-order valence-corrected chi connectivity index (χ0v) is 21.1. The van der Waals surface area contributed by atoms with E-state index in [-0.39, 0.29) is 11.0 Å². The summed E-state index contributed by atoms with van der Waals surface area (Å²) in [6, 6.07) is 12.3. The molecule has 33 heavy (non-hydrogen) atoms. The number of benzene rings is 2. The second-order valence-electron chi connectivity index (χ2n) is 7.94. The molecule has 7 nitrogen and oxygen atoms in total. The van der Waals surface area contributed by atoms with Gasteiger partial charge in [0.1, 0.15) is 12.4 Å². The number of likely N-dealkylation sites (tertiary alicyclic amines) is 1. The molecule has 1 aliphatic rings. The van der Waals surface area contributed by atoms with Crippen LogP contribution >= 0.6 is 28.1 Å². The highest BCUT2D eigenvalue weighted by Crippen LogP contribution is 2.23. The quantitative estimate of drug-likeness (QED) is 0.403. The van der Waals surface area contributed by atoms with Gasteiger partial charge in [-0.25, -0.2) is 0 Å². The van der Waals surface area contributed by atoms with Crippen molar-refractivity contribution < 1.29 is 19.1 Å². The van der Waals surface area contributed by atoms with Crippen LogP contribution in [0.3, 0.4) is 0 Å². The number of hydrogen-bond donors (Lipinski definition) is 2. The lowest BCUT2D eigenvalue weighted by Crippen LogP contribution is -2.37. The lowest BCUT2D eigenvalue weighted by atomic mass is 9.98. The zero-order valence-electron chi connectivity index (χ0n) is 18.7. The molecule has 0 aromatic heterocycles. The summed E-state index contributed by atoms with van der Waals surface area (Å²) in [7, 11) is 1.58. The van der Waals surface area contributed by atoms with Gasteiger partial charge in [-0.1, -0.05) is 22.9 Å². The number of nitrogens with zero attached hydrogens (tertiary/aromatic N) is 1. The SMILES string of the molecule is COCCOc1ccc(Br)cc1C(=O)NC(=S)Nc1ccc(C(=O)N2CCC(C)CC2)cc1. The Morgan fingerprint density at radius 3 is 2.48 bits per heavy atom. The number of rotatable bonds is 7. The third-order valence-electron chi connectivity index (χ3n) is 5.42. The molecular weight excluding hydrogens is 506 g/mol. The van der Waals surface area contributed by atoms with Crippen molar-refractivity contribution in [3.8, 4) is 5.75 Å². The van der Waals surface area contributed by atoms with Crippen LogP contribution in [-0.2, 0) is 4.74 Å². The van der Waals surface area contributed by atoms with Crippen LogP contribution in [0.5, 0.6) is 5.75 Å². The first-order chi connectivity index (χ1) is 15.9. The van der Waals surface area contributed by atoms with Gasteiger partial charge < -0.3 is 19.7 Å². The molecule has 1 aliphatic heterocycles. The molecule has 1 fully saturated rings. The third kappa shape index (κ3) is 7.25. The first kappa shape index (κ1) is 25.1. The third-order valence-corrected chi connectivity index (χ3v) is 6.12. The fourth-order valence-electron chi connectivity index (χ4n) is 3.46. The number of halogens is 1. The van der Waals surface area contributed by atoms with Gasteiger partial charge in [-0.15, -0.1) is 0 Å². The van der Waals surface area contributed by atoms with Gasteiger partial charge in [-0.05, 0) is 73.4 Å². The van der Waals surface area contributed by atoms with Gasteiger partial charge in [-0.3, -0.25) is 14.9 Å². The van der Waals surface area contributed by atoms with Gasteiger partial charge in [0, 0.05) is 35.9 Å². The van der Waals surface area contributed by atoms with Gasteiger partial charge in [0.2, 0.25) is 0 Å². The van der Waals surface area contributed by atoms with Crippen molar-refractivity contribution in [3.05, 3.63) is 58.1 Å². The monoisotopic (exact) mass is 533 g/mol. The Hall–Kier alpha value is -2.49. The maximum absolute atomic E-state index is 12.8. The number of carbonyl (C=O) groups is 2. The second-order valence-corrected chi connectivity index (χ2v) is 9.27. The van der Waals surface area contributed by atoms with Crippen LogP contribution in [0.15, 0.2) is 46.9 Å². The van der Waals surface area contributed by atoms with Crippen molar-refractivity contribution in [2.24, 2.45) is 5.92 Å². The Kier molecular flexibility index (Phi) is 9.22. The summed E-state index contributed by atoms with van der Waals surface area (Å²) in [6.07, 6.45) is 2.08. The Labute approximate surface area is 207 Å². The molecule has 0 saturated carbocycles. The van der Waals surface area contributed by atoms with E-state index in [0.29, 0.717) is 41.7 Å². The van der Waals surface area contributed by atoms with Crippen molar-refractivity contribution in [2.45, 2.75) is 19.8 Å². The van der Waals surface area contributed by atoms with Crippen LogP contribution in [0.25, 0.3) is 0 Å². The highest BCUT2D eigenvalue weighted by molar-refractivity contribution is 9.10. The topological polar surface area (TPSA) is 79.9 Å². The van der Waals surface area contributed by atoms with E-state index in [1.807, 2.05) is 4.90 Å². The number of amides is 2. The van der Waals surface area contributed by atoms with E-state index in [0.717, 1.165) is 30.4 Å². The summed E-state index contributed by atoms with van der Waals surface area (Å²) in [5.74, 6) is 0.750. The minimum Gasteiger partial charge on any atom is -0.490 e. The molecule has 0 unspecified atom stereocenters. The van der Waals surface area contributed by atoms with Crippen LogP contribution in [0.2, 0.25) is 0 Å². The van der Waals surface area contributed by atoms with E-state index in [2.05, 4.69) is 33.5 Å². The zero-order chi connectivity index (χ0) is 23.8. The number of anilines is 1. The standard InChI is InChI=1S/C24H28BrN3O4S/c1-16-9-11-28(12-10-16)23(30)17-3-6-19(7-4-17)26-24(33)27-22(29)20-15-18(25)5-8-21(20)32-14-13-31-2/h3-8,15-16H,9-14H2,1-2H3,(H2,26,27,29,33). The minimum atomic E-state index is -0.396. The summed E-state index contributed by atoms with van der Waals surface area (Å²) < 4.78 is 11.4. The van der Waals surface area contributed by atoms with Gasteiger partial charge in [0.25, 0.3) is 11.8 Å². The summed E-state index contributed by atoms with van der Waals surface area (Å²) >= 11 is 8.68. The molecule has 0 atom stereocenters. The van der Waals surface area contributed by atoms with E-state index in [4.69, 9.17) is 21.7 Å². The molecule has 0 radical (unpaired) electrons. The summed E-state index contributed by atoms with van der Waals surface area (Å²) in [5, 5.41) is 5.80. The molecule has 0 aliphatic carbocycles. The predicted molar refractivity (Wildman–Crippen MR) is 136 cm³/mol. The predicted octanol–water partition coefficient (Wildman–Crippen LogP) is 4.47. The Bertz CT molecular complexity index is 992. The number of hydrogen-bond acceptors (Lipinski definition) is 5. The molecule has 0 bridgehead atoms. The average molecular weight is 534 g/mol. The summed E-state index contributed by atoms with van der Waals surface area (Å²) in [5.41, 5.74) is 1.66. The molecule has 9 heteroatoms. The van der Waals surface area contributed by atoms with Crippen LogP contribution < -0.4 is 15.4 Å². The molecule has 2 N–H and O–H groups in total. The maximum atomic E-state index is 12.8. The fraction of sp³-hybridized carbons (Fsp3) is 0.375. The molecule has 2 aromatic carbocycles. The first-order valence-electron chi connectivity index (χ1n) is 10.8. The Morgan fingerprint density at radius 1 is 1.12 bits per heavy atom. The van der Waals surface area contributed by atoms with Crippen LogP contribution in [0.1, 0.15) is 40.5 Å². The lowest BCUT2D eigenvalue weighted by Gasteiger charge is -2.30. The molecule has 3 rings (SSSR count). The number of thiocarbonyl (C=S) groups is 1. The minimum absolute atomic E-state index is 0.0417. The van der Waals surface area contributed by atoms with Crippen molar-refractivity contribution >= 4 is 50.8 Å². The van der Waals surface area contributed by atoms with Gasteiger partial charge in [0.05, 0.1) is 12.2 Å². The number of carbonyl (C=O) groups excluding carboxylic acids is 2. The van der Waals surface area contributed by atoms with Gasteiger partial charge >= 0.3 is 0 Å². The molecule has 176 valence electrons. The first-order valence-corrected chi connectivity index (χ1v) is 12.0. The van der Waals surface area contributed by atoms with E-state index >= 15 is 0 Å². The molecule has 2 amide bonds. The summed E-state index contributed by atoms with van der Waals surface area (Å²) in [6.45, 7) is 4.54.